The molecule has 94 valence electrons. The SMILES string of the molecule is COc1cc(C(CO)c2ccccc2)ccc1F. The van der Waals surface area contributed by atoms with Gasteiger partial charge < -0.3 is 9.84 Å². The van der Waals surface area contributed by atoms with Gasteiger partial charge in [-0.15, -0.1) is 0 Å². The van der Waals surface area contributed by atoms with Crippen LogP contribution in [0.3, 0.4) is 0 Å². The Balaban J connectivity index is 2.39. The Bertz CT molecular complexity index is 511. The highest BCUT2D eigenvalue weighted by Gasteiger charge is 2.15. The molecular formula is C15H15FO2. The predicted molar refractivity (Wildman–Crippen MR) is 68.3 cm³/mol. The molecule has 2 aromatic rings. The lowest BCUT2D eigenvalue weighted by Gasteiger charge is -2.16. The van der Waals surface area contributed by atoms with Gasteiger partial charge in [0.15, 0.2) is 11.6 Å². The number of methoxy groups -OCH3 is 1. The number of aliphatic hydroxyl groups is 1. The Kier molecular flexibility index (Phi) is 3.95. The minimum absolute atomic E-state index is 0.0290. The smallest absolute Gasteiger partial charge is 0.165 e. The first-order valence-corrected chi connectivity index (χ1v) is 5.75. The summed E-state index contributed by atoms with van der Waals surface area (Å²) in [4.78, 5) is 0. The van der Waals surface area contributed by atoms with E-state index >= 15 is 0 Å². The zero-order valence-corrected chi connectivity index (χ0v) is 10.1. The van der Waals surface area contributed by atoms with Gasteiger partial charge in [0.05, 0.1) is 13.7 Å². The second-order valence-electron chi connectivity index (χ2n) is 4.04. The summed E-state index contributed by atoms with van der Waals surface area (Å²) < 4.78 is 18.3. The fraction of sp³-hybridized carbons (Fsp3) is 0.200. The number of ether oxygens (including phenoxy) is 1. The van der Waals surface area contributed by atoms with Gasteiger partial charge in [-0.2, -0.15) is 0 Å². The average Bonchev–Trinajstić information content (AvgIpc) is 2.42. The first-order chi connectivity index (χ1) is 8.76. The molecule has 0 saturated carbocycles. The highest BCUT2D eigenvalue weighted by atomic mass is 19.1. The Labute approximate surface area is 106 Å². The molecule has 0 aromatic heterocycles. The van der Waals surface area contributed by atoms with E-state index < -0.39 is 5.82 Å². The van der Waals surface area contributed by atoms with Gasteiger partial charge in [0.1, 0.15) is 0 Å². The van der Waals surface area contributed by atoms with Gasteiger partial charge in [-0.3, -0.25) is 0 Å². The Morgan fingerprint density at radius 3 is 2.44 bits per heavy atom. The third kappa shape index (κ3) is 2.51. The Hall–Kier alpha value is -1.87. The summed E-state index contributed by atoms with van der Waals surface area (Å²) in [5.41, 5.74) is 1.83. The molecule has 0 aliphatic rings. The molecule has 0 radical (unpaired) electrons. The molecule has 1 N–H and O–H groups in total. The molecule has 18 heavy (non-hydrogen) atoms. The van der Waals surface area contributed by atoms with E-state index in [0.717, 1.165) is 11.1 Å². The third-order valence-electron chi connectivity index (χ3n) is 2.96. The second-order valence-corrected chi connectivity index (χ2v) is 4.04. The van der Waals surface area contributed by atoms with Gasteiger partial charge in [-0.25, -0.2) is 4.39 Å². The van der Waals surface area contributed by atoms with Gasteiger partial charge in [0.2, 0.25) is 0 Å². The molecule has 0 aliphatic carbocycles. The van der Waals surface area contributed by atoms with Gasteiger partial charge in [0, 0.05) is 5.92 Å². The van der Waals surface area contributed by atoms with Crippen molar-refractivity contribution in [3.63, 3.8) is 0 Å². The van der Waals surface area contributed by atoms with Crippen LogP contribution < -0.4 is 4.74 Å². The second kappa shape index (κ2) is 5.65. The minimum atomic E-state index is -0.397. The summed E-state index contributed by atoms with van der Waals surface area (Å²) in [5, 5.41) is 9.53. The van der Waals surface area contributed by atoms with Crippen LogP contribution in [0, 0.1) is 5.82 Å². The van der Waals surface area contributed by atoms with Gasteiger partial charge in [-0.1, -0.05) is 36.4 Å². The van der Waals surface area contributed by atoms with Crippen LogP contribution in [-0.2, 0) is 0 Å². The van der Waals surface area contributed by atoms with Crippen molar-refractivity contribution in [1.82, 2.24) is 0 Å². The maximum absolute atomic E-state index is 13.4. The highest BCUT2D eigenvalue weighted by molar-refractivity contribution is 5.38. The number of hydrogen-bond donors (Lipinski definition) is 1. The van der Waals surface area contributed by atoms with E-state index in [1.165, 1.54) is 13.2 Å². The molecule has 0 spiro atoms. The van der Waals surface area contributed by atoms with E-state index in [1.807, 2.05) is 30.3 Å². The van der Waals surface area contributed by atoms with Crippen LogP contribution in [0.4, 0.5) is 4.39 Å². The molecule has 0 bridgehead atoms. The van der Waals surface area contributed by atoms with E-state index in [0.29, 0.717) is 0 Å². The number of hydrogen-bond acceptors (Lipinski definition) is 2. The van der Waals surface area contributed by atoms with Crippen molar-refractivity contribution in [3.8, 4) is 5.75 Å². The lowest BCUT2D eigenvalue weighted by Crippen LogP contribution is -2.06. The van der Waals surface area contributed by atoms with Crippen LogP contribution in [0.2, 0.25) is 0 Å². The van der Waals surface area contributed by atoms with Crippen LogP contribution in [0.1, 0.15) is 17.0 Å². The third-order valence-corrected chi connectivity index (χ3v) is 2.96. The monoisotopic (exact) mass is 246 g/mol. The zero-order valence-electron chi connectivity index (χ0n) is 10.1. The van der Waals surface area contributed by atoms with Crippen LogP contribution in [0.15, 0.2) is 48.5 Å². The first kappa shape index (κ1) is 12.6. The van der Waals surface area contributed by atoms with Crippen LogP contribution in [-0.4, -0.2) is 18.8 Å². The molecule has 0 aliphatic heterocycles. The first-order valence-electron chi connectivity index (χ1n) is 5.75. The van der Waals surface area contributed by atoms with Crippen molar-refractivity contribution in [2.75, 3.05) is 13.7 Å². The lowest BCUT2D eigenvalue weighted by molar-refractivity contribution is 0.280. The number of aliphatic hydroxyl groups excluding tert-OH is 1. The summed E-state index contributed by atoms with van der Waals surface area (Å²) in [6.07, 6.45) is 0. The highest BCUT2D eigenvalue weighted by Crippen LogP contribution is 2.28. The van der Waals surface area contributed by atoms with Gasteiger partial charge in [-0.05, 0) is 23.3 Å². The summed E-state index contributed by atoms with van der Waals surface area (Å²) in [6.45, 7) is -0.0290. The molecule has 1 atom stereocenters. The molecule has 0 heterocycles. The number of benzene rings is 2. The summed E-state index contributed by atoms with van der Waals surface area (Å²) in [7, 11) is 1.43. The van der Waals surface area contributed by atoms with Crippen LogP contribution >= 0.6 is 0 Å². The van der Waals surface area contributed by atoms with E-state index in [2.05, 4.69) is 0 Å². The van der Waals surface area contributed by atoms with Crippen molar-refractivity contribution in [2.45, 2.75) is 5.92 Å². The molecule has 0 amide bonds. The topological polar surface area (TPSA) is 29.5 Å². The van der Waals surface area contributed by atoms with E-state index in [1.54, 1.807) is 12.1 Å². The quantitative estimate of drug-likeness (QED) is 0.898. The van der Waals surface area contributed by atoms with Crippen LogP contribution in [0.25, 0.3) is 0 Å². The van der Waals surface area contributed by atoms with E-state index in [4.69, 9.17) is 4.74 Å². The average molecular weight is 246 g/mol. The van der Waals surface area contributed by atoms with Crippen molar-refractivity contribution >= 4 is 0 Å². The fourth-order valence-electron chi connectivity index (χ4n) is 1.98. The fourth-order valence-corrected chi connectivity index (χ4v) is 1.98. The molecule has 1 unspecified atom stereocenters. The Morgan fingerprint density at radius 1 is 1.11 bits per heavy atom. The van der Waals surface area contributed by atoms with Crippen LogP contribution in [0.5, 0.6) is 5.75 Å². The molecule has 2 nitrogen and oxygen atoms in total. The Morgan fingerprint density at radius 2 is 1.83 bits per heavy atom. The predicted octanol–water partition coefficient (Wildman–Crippen LogP) is 2.96. The molecular weight excluding hydrogens is 231 g/mol. The van der Waals surface area contributed by atoms with Crippen molar-refractivity contribution in [3.05, 3.63) is 65.5 Å². The summed E-state index contributed by atoms with van der Waals surface area (Å²) in [5.74, 6) is -0.367. The minimum Gasteiger partial charge on any atom is -0.494 e. The van der Waals surface area contributed by atoms with E-state index in [-0.39, 0.29) is 18.3 Å². The molecule has 3 heteroatoms. The van der Waals surface area contributed by atoms with Gasteiger partial charge in [0.25, 0.3) is 0 Å². The number of halogens is 1. The maximum atomic E-state index is 13.4. The molecule has 2 aromatic carbocycles. The normalized spacial score (nSPS) is 12.2. The van der Waals surface area contributed by atoms with Gasteiger partial charge >= 0.3 is 0 Å². The van der Waals surface area contributed by atoms with Crippen molar-refractivity contribution in [2.24, 2.45) is 0 Å². The molecule has 0 saturated heterocycles. The summed E-state index contributed by atoms with van der Waals surface area (Å²) >= 11 is 0. The number of rotatable bonds is 4. The lowest BCUT2D eigenvalue weighted by atomic mass is 9.92. The molecule has 2 rings (SSSR count). The van der Waals surface area contributed by atoms with Crippen molar-refractivity contribution < 1.29 is 14.2 Å². The summed E-state index contributed by atoms with van der Waals surface area (Å²) in [6, 6.07) is 14.3. The van der Waals surface area contributed by atoms with E-state index in [9.17, 15) is 9.50 Å². The standard InChI is InChI=1S/C15H15FO2/c1-18-15-9-12(7-8-14(15)16)13(10-17)11-5-3-2-4-6-11/h2-9,13,17H,10H2,1H3. The van der Waals surface area contributed by atoms with Crippen molar-refractivity contribution in [1.29, 1.82) is 0 Å². The largest absolute Gasteiger partial charge is 0.494 e. The maximum Gasteiger partial charge on any atom is 0.165 e. The zero-order chi connectivity index (χ0) is 13.0. The molecule has 0 fully saturated rings.